The molecule has 22 heavy (non-hydrogen) atoms. The van der Waals surface area contributed by atoms with Gasteiger partial charge in [-0.15, -0.1) is 11.3 Å². The highest BCUT2D eigenvalue weighted by Gasteiger charge is 2.55. The van der Waals surface area contributed by atoms with Crippen molar-refractivity contribution in [2.75, 3.05) is 6.54 Å². The minimum absolute atomic E-state index is 0.105. The van der Waals surface area contributed by atoms with Crippen LogP contribution in [0.25, 0.3) is 0 Å². The molecule has 2 atom stereocenters. The average molecular weight is 385 g/mol. The number of halogens is 1. The number of carbonyl (C=O) groups is 3. The Labute approximate surface area is 141 Å². The minimum atomic E-state index is -0.800. The highest BCUT2D eigenvalue weighted by atomic mass is 79.9. The summed E-state index contributed by atoms with van der Waals surface area (Å²) in [5.41, 5.74) is -0.800. The summed E-state index contributed by atoms with van der Waals surface area (Å²) in [6.45, 7) is 1.81. The lowest BCUT2D eigenvalue weighted by molar-refractivity contribution is -0.133. The average Bonchev–Trinajstić information content (AvgIpc) is 3.01. The second-order valence-corrected chi connectivity index (χ2v) is 8.43. The second kappa shape index (κ2) is 5.77. The van der Waals surface area contributed by atoms with Gasteiger partial charge in [0.05, 0.1) is 15.2 Å². The molecule has 0 unspecified atom stereocenters. The van der Waals surface area contributed by atoms with Crippen molar-refractivity contribution in [1.82, 2.24) is 10.2 Å². The summed E-state index contributed by atoms with van der Waals surface area (Å²) in [7, 11) is 0. The van der Waals surface area contributed by atoms with E-state index in [1.165, 1.54) is 11.3 Å². The van der Waals surface area contributed by atoms with Crippen LogP contribution in [-0.4, -0.2) is 34.7 Å². The van der Waals surface area contributed by atoms with Gasteiger partial charge in [0.25, 0.3) is 5.91 Å². The molecule has 3 amide bonds. The number of carbonyl (C=O) groups excluding carboxylic acids is 3. The molecule has 1 saturated carbocycles. The Morgan fingerprint density at radius 1 is 1.45 bits per heavy atom. The summed E-state index contributed by atoms with van der Waals surface area (Å²) < 4.78 is 0.852. The molecule has 2 aliphatic rings. The van der Waals surface area contributed by atoms with Crippen LogP contribution < -0.4 is 5.32 Å². The molecule has 3 rings (SSSR count). The Hall–Kier alpha value is -1.21. The first-order valence-corrected chi connectivity index (χ1v) is 8.97. The Bertz CT molecular complexity index is 644. The standard InChI is InChI=1S/C15H17BrN2O3S/c1-9-4-2-3-7-15(9)13(20)18(14(21)17-15)8-10(19)11-5-6-12(16)22-11/h5-6,9H,2-4,7-8H2,1H3,(H,17,21)/t9-,15+/m0/s1. The van der Waals surface area contributed by atoms with Crippen molar-refractivity contribution < 1.29 is 14.4 Å². The Morgan fingerprint density at radius 2 is 2.23 bits per heavy atom. The molecule has 1 spiro atoms. The molecule has 118 valence electrons. The van der Waals surface area contributed by atoms with Crippen molar-refractivity contribution in [3.8, 4) is 0 Å². The SMILES string of the molecule is C[C@H]1CCCC[C@@]12NC(=O)N(CC(=O)c1ccc(Br)s1)C2=O. The number of hydrogen-bond donors (Lipinski definition) is 1. The highest BCUT2D eigenvalue weighted by Crippen LogP contribution is 2.38. The van der Waals surface area contributed by atoms with Crippen LogP contribution in [0.4, 0.5) is 4.79 Å². The van der Waals surface area contributed by atoms with Crippen LogP contribution in [0.1, 0.15) is 42.3 Å². The van der Waals surface area contributed by atoms with E-state index in [0.717, 1.165) is 27.9 Å². The van der Waals surface area contributed by atoms with E-state index in [1.54, 1.807) is 12.1 Å². The van der Waals surface area contributed by atoms with Crippen LogP contribution in [0.15, 0.2) is 15.9 Å². The van der Waals surface area contributed by atoms with Crippen molar-refractivity contribution in [1.29, 1.82) is 0 Å². The number of ketones is 1. The first-order valence-electron chi connectivity index (χ1n) is 7.37. The number of nitrogens with one attached hydrogen (secondary N) is 1. The van der Waals surface area contributed by atoms with E-state index >= 15 is 0 Å². The van der Waals surface area contributed by atoms with Crippen molar-refractivity contribution >= 4 is 45.0 Å². The molecular weight excluding hydrogens is 368 g/mol. The summed E-state index contributed by atoms with van der Waals surface area (Å²) in [6.07, 6.45) is 3.59. The lowest BCUT2D eigenvalue weighted by Gasteiger charge is -2.36. The van der Waals surface area contributed by atoms with Crippen LogP contribution in [0.2, 0.25) is 0 Å². The quantitative estimate of drug-likeness (QED) is 0.642. The molecule has 0 bridgehead atoms. The zero-order valence-corrected chi connectivity index (χ0v) is 14.6. The fraction of sp³-hybridized carbons (Fsp3) is 0.533. The topological polar surface area (TPSA) is 66.5 Å². The fourth-order valence-corrected chi connectivity index (χ4v) is 4.64. The van der Waals surface area contributed by atoms with Gasteiger partial charge in [-0.3, -0.25) is 14.5 Å². The second-order valence-electron chi connectivity index (χ2n) is 5.97. The van der Waals surface area contributed by atoms with Crippen molar-refractivity contribution in [2.24, 2.45) is 5.92 Å². The maximum absolute atomic E-state index is 12.8. The van der Waals surface area contributed by atoms with Gasteiger partial charge in [0.15, 0.2) is 5.78 Å². The van der Waals surface area contributed by atoms with Crippen LogP contribution in [-0.2, 0) is 4.79 Å². The van der Waals surface area contributed by atoms with Gasteiger partial charge in [-0.25, -0.2) is 4.79 Å². The lowest BCUT2D eigenvalue weighted by Crippen LogP contribution is -2.54. The monoisotopic (exact) mass is 384 g/mol. The number of urea groups is 1. The predicted octanol–water partition coefficient (Wildman–Crippen LogP) is 3.19. The Kier molecular flexibility index (Phi) is 4.11. The van der Waals surface area contributed by atoms with E-state index < -0.39 is 11.6 Å². The normalized spacial score (nSPS) is 28.3. The van der Waals surface area contributed by atoms with E-state index in [4.69, 9.17) is 0 Å². The first-order chi connectivity index (χ1) is 10.4. The third-order valence-corrected chi connectivity index (χ3v) is 6.32. The molecule has 1 saturated heterocycles. The largest absolute Gasteiger partial charge is 0.325 e. The Morgan fingerprint density at radius 3 is 2.86 bits per heavy atom. The van der Waals surface area contributed by atoms with E-state index in [1.807, 2.05) is 6.92 Å². The fourth-order valence-electron chi connectivity index (χ4n) is 3.32. The molecule has 5 nitrogen and oxygen atoms in total. The molecule has 1 aromatic rings. The van der Waals surface area contributed by atoms with Crippen LogP contribution in [0.3, 0.4) is 0 Å². The molecule has 7 heteroatoms. The predicted molar refractivity (Wildman–Crippen MR) is 87.0 cm³/mol. The van der Waals surface area contributed by atoms with Gasteiger partial charge in [0, 0.05) is 0 Å². The summed E-state index contributed by atoms with van der Waals surface area (Å²) in [6, 6.07) is 3.05. The first kappa shape index (κ1) is 15.7. The number of Topliss-reactive ketones (excluding diaryl/α,β-unsaturated/α-hetero) is 1. The number of rotatable bonds is 3. The van der Waals surface area contributed by atoms with Crippen molar-refractivity contribution in [3.63, 3.8) is 0 Å². The minimum Gasteiger partial charge on any atom is -0.323 e. The highest BCUT2D eigenvalue weighted by molar-refractivity contribution is 9.11. The zero-order valence-electron chi connectivity index (χ0n) is 12.2. The smallest absolute Gasteiger partial charge is 0.323 e. The van der Waals surface area contributed by atoms with Gasteiger partial charge < -0.3 is 5.32 Å². The summed E-state index contributed by atoms with van der Waals surface area (Å²) in [5, 5.41) is 2.86. The van der Waals surface area contributed by atoms with Gasteiger partial charge in [-0.1, -0.05) is 19.8 Å². The van der Waals surface area contributed by atoms with Crippen LogP contribution in [0.5, 0.6) is 0 Å². The van der Waals surface area contributed by atoms with E-state index in [-0.39, 0.29) is 24.2 Å². The number of amides is 3. The lowest BCUT2D eigenvalue weighted by atomic mass is 9.73. The van der Waals surface area contributed by atoms with E-state index in [2.05, 4.69) is 21.2 Å². The molecule has 0 radical (unpaired) electrons. The molecule has 1 N–H and O–H groups in total. The number of nitrogens with zero attached hydrogens (tertiary/aromatic N) is 1. The van der Waals surface area contributed by atoms with Gasteiger partial charge in [-0.05, 0) is 46.8 Å². The van der Waals surface area contributed by atoms with Crippen molar-refractivity contribution in [3.05, 3.63) is 20.8 Å². The molecule has 1 aromatic heterocycles. The maximum Gasteiger partial charge on any atom is 0.325 e. The zero-order chi connectivity index (χ0) is 15.9. The van der Waals surface area contributed by atoms with E-state index in [0.29, 0.717) is 11.3 Å². The third-order valence-electron chi connectivity index (χ3n) is 4.65. The maximum atomic E-state index is 12.8. The van der Waals surface area contributed by atoms with Crippen molar-refractivity contribution in [2.45, 2.75) is 38.1 Å². The van der Waals surface area contributed by atoms with Gasteiger partial charge in [0.2, 0.25) is 0 Å². The van der Waals surface area contributed by atoms with Gasteiger partial charge >= 0.3 is 6.03 Å². The third kappa shape index (κ3) is 2.50. The summed E-state index contributed by atoms with van der Waals surface area (Å²) in [4.78, 5) is 38.9. The van der Waals surface area contributed by atoms with E-state index in [9.17, 15) is 14.4 Å². The van der Waals surface area contributed by atoms with Gasteiger partial charge in [0.1, 0.15) is 5.54 Å². The number of hydrogen-bond acceptors (Lipinski definition) is 4. The summed E-state index contributed by atoms with van der Waals surface area (Å²) in [5.74, 6) is -0.345. The molecular formula is C15H17BrN2O3S. The molecule has 1 aliphatic carbocycles. The van der Waals surface area contributed by atoms with Gasteiger partial charge in [-0.2, -0.15) is 0 Å². The molecule has 2 fully saturated rings. The molecule has 1 aliphatic heterocycles. The molecule has 0 aromatic carbocycles. The molecule has 2 heterocycles. The number of thiophene rings is 1. The number of imide groups is 1. The Balaban J connectivity index is 1.79. The van der Waals surface area contributed by atoms with Crippen LogP contribution >= 0.6 is 27.3 Å². The van der Waals surface area contributed by atoms with Crippen LogP contribution in [0, 0.1) is 5.92 Å². The summed E-state index contributed by atoms with van der Waals surface area (Å²) >= 11 is 4.62.